The van der Waals surface area contributed by atoms with Gasteiger partial charge in [0.15, 0.2) is 5.43 Å². The Morgan fingerprint density at radius 1 is 0.763 bits per heavy atom. The summed E-state index contributed by atoms with van der Waals surface area (Å²) in [6.45, 7) is 0. The van der Waals surface area contributed by atoms with Crippen molar-refractivity contribution in [3.63, 3.8) is 0 Å². The third-order valence-corrected chi connectivity index (χ3v) is 5.63. The molecule has 8 nitrogen and oxygen atoms in total. The second-order valence-electron chi connectivity index (χ2n) is 8.10. The molecule has 0 bridgehead atoms. The van der Waals surface area contributed by atoms with Crippen LogP contribution >= 0.6 is 0 Å². The van der Waals surface area contributed by atoms with Gasteiger partial charge < -0.3 is 29.2 Å². The number of ketones is 1. The molecule has 5 rings (SSSR count). The standard InChI is InChI=1S/C15H10O4.C15H14O4/c16-10-6-11(17)15-12(18)8-13(19-14(15)7-10)9-4-2-1-3-5-9;1-18-11-8-12(16)14(13(9-11)19-2)15(17)10-6-4-3-5-7-10/h1-8,16-17H;3-9,16H,1-2H3. The van der Waals surface area contributed by atoms with Gasteiger partial charge in [0.2, 0.25) is 5.78 Å². The molecule has 0 radical (unpaired) electrons. The molecule has 0 amide bonds. The summed E-state index contributed by atoms with van der Waals surface area (Å²) in [6, 6.07) is 24.6. The lowest BCUT2D eigenvalue weighted by Gasteiger charge is -2.11. The number of phenols is 3. The monoisotopic (exact) mass is 512 g/mol. The van der Waals surface area contributed by atoms with Gasteiger partial charge in [-0.25, -0.2) is 0 Å². The molecule has 0 atom stereocenters. The van der Waals surface area contributed by atoms with Crippen LogP contribution in [0.1, 0.15) is 15.9 Å². The number of aromatic hydroxyl groups is 3. The Labute approximate surface area is 217 Å². The van der Waals surface area contributed by atoms with Gasteiger partial charge in [0, 0.05) is 41.5 Å². The highest BCUT2D eigenvalue weighted by Crippen LogP contribution is 2.35. The molecule has 1 aromatic heterocycles. The normalized spacial score (nSPS) is 10.4. The summed E-state index contributed by atoms with van der Waals surface area (Å²) in [4.78, 5) is 24.4. The van der Waals surface area contributed by atoms with E-state index >= 15 is 0 Å². The summed E-state index contributed by atoms with van der Waals surface area (Å²) in [6.07, 6.45) is 0. The summed E-state index contributed by atoms with van der Waals surface area (Å²) >= 11 is 0. The molecule has 0 saturated carbocycles. The second kappa shape index (κ2) is 11.2. The van der Waals surface area contributed by atoms with Gasteiger partial charge in [-0.05, 0) is 0 Å². The van der Waals surface area contributed by atoms with Crippen LogP contribution in [0.15, 0.2) is 100 Å². The largest absolute Gasteiger partial charge is 0.508 e. The van der Waals surface area contributed by atoms with Gasteiger partial charge in [0.1, 0.15) is 51.0 Å². The molecule has 0 aliphatic rings. The molecule has 38 heavy (non-hydrogen) atoms. The predicted molar refractivity (Wildman–Crippen MR) is 142 cm³/mol. The molecule has 0 aliphatic carbocycles. The molecule has 4 aromatic carbocycles. The lowest BCUT2D eigenvalue weighted by molar-refractivity contribution is 0.103. The second-order valence-corrected chi connectivity index (χ2v) is 8.10. The van der Waals surface area contributed by atoms with Crippen LogP contribution in [0.5, 0.6) is 28.7 Å². The Bertz CT molecular complexity index is 1640. The Balaban J connectivity index is 0.000000177. The molecule has 1 heterocycles. The van der Waals surface area contributed by atoms with E-state index < -0.39 is 0 Å². The first-order valence-electron chi connectivity index (χ1n) is 11.4. The quantitative estimate of drug-likeness (QED) is 0.263. The highest BCUT2D eigenvalue weighted by atomic mass is 16.5. The average Bonchev–Trinajstić information content (AvgIpc) is 2.92. The van der Waals surface area contributed by atoms with Crippen LogP contribution in [-0.4, -0.2) is 35.3 Å². The first-order chi connectivity index (χ1) is 18.3. The summed E-state index contributed by atoms with van der Waals surface area (Å²) in [5.41, 5.74) is 1.18. The zero-order valence-electron chi connectivity index (χ0n) is 20.5. The Kier molecular flexibility index (Phi) is 7.63. The topological polar surface area (TPSA) is 126 Å². The molecule has 3 N–H and O–H groups in total. The molecule has 0 spiro atoms. The van der Waals surface area contributed by atoms with Crippen LogP contribution in [-0.2, 0) is 0 Å². The summed E-state index contributed by atoms with van der Waals surface area (Å²) in [7, 11) is 2.92. The van der Waals surface area contributed by atoms with Crippen molar-refractivity contribution in [1.29, 1.82) is 0 Å². The maximum absolute atomic E-state index is 12.4. The molecular formula is C30H24O8. The SMILES string of the molecule is COc1cc(O)c(C(=O)c2ccccc2)c(OC)c1.O=c1cc(-c2ccccc2)oc2cc(O)cc(O)c12. The summed E-state index contributed by atoms with van der Waals surface area (Å²) in [5, 5.41) is 29.2. The fourth-order valence-electron chi connectivity index (χ4n) is 3.82. The molecule has 8 heteroatoms. The third kappa shape index (κ3) is 5.44. The van der Waals surface area contributed by atoms with Gasteiger partial charge in [-0.1, -0.05) is 60.7 Å². The molecule has 0 saturated heterocycles. The van der Waals surface area contributed by atoms with E-state index in [9.17, 15) is 24.9 Å². The fourth-order valence-corrected chi connectivity index (χ4v) is 3.82. The number of carbonyl (C=O) groups is 1. The number of ether oxygens (including phenoxy) is 2. The highest BCUT2D eigenvalue weighted by molar-refractivity contribution is 6.12. The molecule has 5 aromatic rings. The van der Waals surface area contributed by atoms with E-state index in [1.54, 1.807) is 30.3 Å². The van der Waals surface area contributed by atoms with Crippen LogP contribution in [0.25, 0.3) is 22.3 Å². The third-order valence-electron chi connectivity index (χ3n) is 5.63. The van der Waals surface area contributed by atoms with Gasteiger partial charge in [0.05, 0.1) is 14.2 Å². The van der Waals surface area contributed by atoms with Crippen molar-refractivity contribution >= 4 is 16.8 Å². The van der Waals surface area contributed by atoms with Gasteiger partial charge in [-0.15, -0.1) is 0 Å². The van der Waals surface area contributed by atoms with E-state index in [2.05, 4.69) is 0 Å². The average molecular weight is 513 g/mol. The van der Waals surface area contributed by atoms with Crippen LogP contribution in [0.3, 0.4) is 0 Å². The zero-order chi connectivity index (χ0) is 27.2. The molecular weight excluding hydrogens is 488 g/mol. The van der Waals surface area contributed by atoms with Crippen molar-refractivity contribution in [2.75, 3.05) is 14.2 Å². The van der Waals surface area contributed by atoms with E-state index in [4.69, 9.17) is 13.9 Å². The van der Waals surface area contributed by atoms with E-state index in [0.717, 1.165) is 11.6 Å². The number of carbonyl (C=O) groups excluding carboxylic acids is 1. The number of benzene rings is 4. The summed E-state index contributed by atoms with van der Waals surface area (Å²) in [5.74, 6) is 0.206. The maximum atomic E-state index is 12.4. The van der Waals surface area contributed by atoms with Crippen molar-refractivity contribution in [1.82, 2.24) is 0 Å². The first-order valence-corrected chi connectivity index (χ1v) is 11.4. The zero-order valence-corrected chi connectivity index (χ0v) is 20.5. The number of hydrogen-bond donors (Lipinski definition) is 3. The smallest absolute Gasteiger partial charge is 0.200 e. The lowest BCUT2D eigenvalue weighted by atomic mass is 10.0. The van der Waals surface area contributed by atoms with Crippen molar-refractivity contribution in [2.45, 2.75) is 0 Å². The van der Waals surface area contributed by atoms with Gasteiger partial charge in [0.25, 0.3) is 0 Å². The number of methoxy groups -OCH3 is 2. The molecule has 192 valence electrons. The van der Waals surface area contributed by atoms with E-state index in [0.29, 0.717) is 17.1 Å². The van der Waals surface area contributed by atoms with Crippen molar-refractivity contribution in [3.8, 4) is 40.1 Å². The molecule has 0 fully saturated rings. The fraction of sp³-hybridized carbons (Fsp3) is 0.0667. The predicted octanol–water partition coefficient (Wildman–Crippen LogP) is 5.51. The van der Waals surface area contributed by atoms with E-state index in [-0.39, 0.29) is 50.7 Å². The van der Waals surface area contributed by atoms with Gasteiger partial charge >= 0.3 is 0 Å². The van der Waals surface area contributed by atoms with E-state index in [1.165, 1.54) is 32.4 Å². The highest BCUT2D eigenvalue weighted by Gasteiger charge is 2.20. The molecule has 0 unspecified atom stereocenters. The maximum Gasteiger partial charge on any atom is 0.200 e. The van der Waals surface area contributed by atoms with E-state index in [1.807, 2.05) is 36.4 Å². The number of fused-ring (bicyclic) bond motifs is 1. The molecule has 0 aliphatic heterocycles. The first kappa shape index (κ1) is 25.8. The Morgan fingerprint density at radius 2 is 1.42 bits per heavy atom. The minimum atomic E-state index is -0.349. The number of hydrogen-bond acceptors (Lipinski definition) is 8. The van der Waals surface area contributed by atoms with Crippen LogP contribution in [0, 0.1) is 0 Å². The number of rotatable bonds is 5. The number of phenolic OH excluding ortho intramolecular Hbond substituents is 3. The van der Waals surface area contributed by atoms with Crippen LogP contribution in [0.2, 0.25) is 0 Å². The van der Waals surface area contributed by atoms with Crippen molar-refractivity contribution < 1.29 is 34.0 Å². The van der Waals surface area contributed by atoms with Crippen molar-refractivity contribution in [2.24, 2.45) is 0 Å². The summed E-state index contributed by atoms with van der Waals surface area (Å²) < 4.78 is 15.7. The Morgan fingerprint density at radius 3 is 2.05 bits per heavy atom. The van der Waals surface area contributed by atoms with Gasteiger partial charge in [-0.2, -0.15) is 0 Å². The lowest BCUT2D eigenvalue weighted by Crippen LogP contribution is -2.04. The van der Waals surface area contributed by atoms with Crippen molar-refractivity contribution in [3.05, 3.63) is 112 Å². The van der Waals surface area contributed by atoms with Gasteiger partial charge in [-0.3, -0.25) is 9.59 Å². The minimum Gasteiger partial charge on any atom is -0.508 e. The van der Waals surface area contributed by atoms with Crippen LogP contribution < -0.4 is 14.9 Å². The van der Waals surface area contributed by atoms with Crippen LogP contribution in [0.4, 0.5) is 0 Å². The Hall–Kier alpha value is -5.24. The minimum absolute atomic E-state index is 0.0671.